The Bertz CT molecular complexity index is 186. The minimum Gasteiger partial charge on any atom is -0.474 e. The van der Waals surface area contributed by atoms with Gasteiger partial charge in [0.1, 0.15) is 0 Å². The molecule has 1 fully saturated rings. The second kappa shape index (κ2) is 2.90. The maximum absolute atomic E-state index is 10.8. The summed E-state index contributed by atoms with van der Waals surface area (Å²) < 4.78 is 0. The van der Waals surface area contributed by atoms with Crippen LogP contribution in [0.15, 0.2) is 0 Å². The second-order valence-corrected chi connectivity index (χ2v) is 2.81. The number of carboxylic acid groups (broad SMARTS) is 1. The minimum absolute atomic E-state index is 0.165. The molecule has 0 spiro atoms. The van der Waals surface area contributed by atoms with Crippen molar-refractivity contribution in [3.05, 3.63) is 0 Å². The third-order valence-electron chi connectivity index (χ3n) is 2.13. The maximum Gasteiger partial charge on any atom is 0.394 e. The summed E-state index contributed by atoms with van der Waals surface area (Å²) in [6, 6.07) is 0.165. The molecule has 1 amide bonds. The van der Waals surface area contributed by atoms with Crippen LogP contribution in [0.4, 0.5) is 0 Å². The molecule has 0 aromatic heterocycles. The molecule has 0 unspecified atom stereocenters. The normalized spacial score (nSPS) is 17.2. The fourth-order valence-corrected chi connectivity index (χ4v) is 1.09. The molecule has 4 heteroatoms. The van der Waals surface area contributed by atoms with Crippen molar-refractivity contribution in [1.29, 1.82) is 0 Å². The Kier molecular flexibility index (Phi) is 2.12. The lowest BCUT2D eigenvalue weighted by Crippen LogP contribution is -2.44. The molecule has 1 rings (SSSR count). The number of carbonyl (C=O) groups excluding carboxylic acids is 1. The molecule has 1 aliphatic carbocycles. The van der Waals surface area contributed by atoms with Crippen molar-refractivity contribution < 1.29 is 14.7 Å². The van der Waals surface area contributed by atoms with Crippen LogP contribution in [0.3, 0.4) is 0 Å². The van der Waals surface area contributed by atoms with E-state index in [1.54, 1.807) is 7.05 Å². The van der Waals surface area contributed by atoms with Gasteiger partial charge in [0.25, 0.3) is 0 Å². The molecule has 0 aromatic rings. The number of carbonyl (C=O) groups is 2. The summed E-state index contributed by atoms with van der Waals surface area (Å²) in [6.45, 7) is 0. The molecule has 0 atom stereocenters. The predicted octanol–water partition coefficient (Wildman–Crippen LogP) is 0.0819. The lowest BCUT2D eigenvalue weighted by Gasteiger charge is -2.33. The minimum atomic E-state index is -1.36. The van der Waals surface area contributed by atoms with Crippen molar-refractivity contribution in [2.24, 2.45) is 0 Å². The Balaban J connectivity index is 2.45. The van der Waals surface area contributed by atoms with Gasteiger partial charge in [-0.05, 0) is 19.3 Å². The van der Waals surface area contributed by atoms with E-state index in [-0.39, 0.29) is 6.04 Å². The Labute approximate surface area is 64.8 Å². The lowest BCUT2D eigenvalue weighted by atomic mass is 9.92. The highest BCUT2D eigenvalue weighted by molar-refractivity contribution is 6.31. The number of likely N-dealkylation sites (N-methyl/N-ethyl adjacent to an activating group) is 1. The van der Waals surface area contributed by atoms with E-state index in [0.29, 0.717) is 0 Å². The third-order valence-corrected chi connectivity index (χ3v) is 2.13. The molecule has 0 aromatic carbocycles. The molecule has 0 radical (unpaired) electrons. The van der Waals surface area contributed by atoms with Crippen molar-refractivity contribution in [3.63, 3.8) is 0 Å². The van der Waals surface area contributed by atoms with Crippen LogP contribution in [-0.2, 0) is 9.59 Å². The van der Waals surface area contributed by atoms with Crippen LogP contribution in [0.25, 0.3) is 0 Å². The summed E-state index contributed by atoms with van der Waals surface area (Å²) in [5.41, 5.74) is 0. The fourth-order valence-electron chi connectivity index (χ4n) is 1.09. The average molecular weight is 157 g/mol. The van der Waals surface area contributed by atoms with Crippen molar-refractivity contribution >= 4 is 11.9 Å². The van der Waals surface area contributed by atoms with Gasteiger partial charge in [-0.15, -0.1) is 0 Å². The van der Waals surface area contributed by atoms with Crippen molar-refractivity contribution in [2.75, 3.05) is 7.05 Å². The summed E-state index contributed by atoms with van der Waals surface area (Å²) in [6.07, 6.45) is 2.98. The zero-order valence-corrected chi connectivity index (χ0v) is 6.41. The van der Waals surface area contributed by atoms with Gasteiger partial charge >= 0.3 is 11.9 Å². The number of aliphatic carboxylic acids is 1. The summed E-state index contributed by atoms with van der Waals surface area (Å²) in [4.78, 5) is 22.3. The van der Waals surface area contributed by atoms with E-state index < -0.39 is 11.9 Å². The van der Waals surface area contributed by atoms with Gasteiger partial charge in [-0.25, -0.2) is 4.79 Å². The summed E-state index contributed by atoms with van der Waals surface area (Å²) in [7, 11) is 1.54. The highest BCUT2D eigenvalue weighted by Gasteiger charge is 2.28. The molecule has 62 valence electrons. The van der Waals surface area contributed by atoms with Crippen LogP contribution in [0.5, 0.6) is 0 Å². The quantitative estimate of drug-likeness (QED) is 0.548. The van der Waals surface area contributed by atoms with E-state index in [1.807, 2.05) is 0 Å². The van der Waals surface area contributed by atoms with Gasteiger partial charge in [0, 0.05) is 13.1 Å². The van der Waals surface area contributed by atoms with Gasteiger partial charge in [0.15, 0.2) is 0 Å². The van der Waals surface area contributed by atoms with Gasteiger partial charge in [-0.3, -0.25) is 4.79 Å². The lowest BCUT2D eigenvalue weighted by molar-refractivity contribution is -0.157. The molecule has 1 aliphatic rings. The van der Waals surface area contributed by atoms with Crippen molar-refractivity contribution in [3.8, 4) is 0 Å². The van der Waals surface area contributed by atoms with E-state index in [4.69, 9.17) is 5.11 Å². The van der Waals surface area contributed by atoms with Gasteiger partial charge < -0.3 is 10.0 Å². The van der Waals surface area contributed by atoms with E-state index in [9.17, 15) is 9.59 Å². The Morgan fingerprint density at radius 1 is 1.45 bits per heavy atom. The Morgan fingerprint density at radius 3 is 2.27 bits per heavy atom. The standard InChI is InChI=1S/C7H11NO3/c1-8(5-3-2-4-5)6(9)7(10)11/h5H,2-4H2,1H3,(H,10,11). The van der Waals surface area contributed by atoms with Crippen LogP contribution < -0.4 is 0 Å². The van der Waals surface area contributed by atoms with Crippen LogP contribution in [0.1, 0.15) is 19.3 Å². The highest BCUT2D eigenvalue weighted by atomic mass is 16.4. The van der Waals surface area contributed by atoms with Crippen LogP contribution >= 0.6 is 0 Å². The van der Waals surface area contributed by atoms with E-state index in [1.165, 1.54) is 4.90 Å². The zero-order chi connectivity index (χ0) is 8.43. The number of nitrogens with zero attached hydrogens (tertiary/aromatic N) is 1. The first-order valence-corrected chi connectivity index (χ1v) is 3.63. The van der Waals surface area contributed by atoms with E-state index in [0.717, 1.165) is 19.3 Å². The van der Waals surface area contributed by atoms with Gasteiger partial charge in [0.05, 0.1) is 0 Å². The second-order valence-electron chi connectivity index (χ2n) is 2.81. The SMILES string of the molecule is CN(C(=O)C(=O)O)C1CCC1. The van der Waals surface area contributed by atoms with Crippen LogP contribution in [0.2, 0.25) is 0 Å². The van der Waals surface area contributed by atoms with Crippen LogP contribution in [0, 0.1) is 0 Å². The first-order chi connectivity index (χ1) is 5.13. The smallest absolute Gasteiger partial charge is 0.394 e. The van der Waals surface area contributed by atoms with Gasteiger partial charge in [-0.1, -0.05) is 0 Å². The van der Waals surface area contributed by atoms with Gasteiger partial charge in [-0.2, -0.15) is 0 Å². The Hall–Kier alpha value is -1.06. The summed E-state index contributed by atoms with van der Waals surface area (Å²) in [5, 5.41) is 8.33. The molecule has 0 saturated heterocycles. The molecule has 4 nitrogen and oxygen atoms in total. The largest absolute Gasteiger partial charge is 0.474 e. The van der Waals surface area contributed by atoms with Crippen molar-refractivity contribution in [2.45, 2.75) is 25.3 Å². The third kappa shape index (κ3) is 1.50. The molecule has 1 N–H and O–H groups in total. The average Bonchev–Trinajstić information content (AvgIpc) is 1.82. The summed E-state index contributed by atoms with van der Waals surface area (Å²) >= 11 is 0. The van der Waals surface area contributed by atoms with Gasteiger partial charge in [0.2, 0.25) is 0 Å². The molecular formula is C7H11NO3. The molecule has 0 aliphatic heterocycles. The number of hydrogen-bond acceptors (Lipinski definition) is 2. The maximum atomic E-state index is 10.8. The topological polar surface area (TPSA) is 57.6 Å². The number of rotatable bonds is 1. The number of hydrogen-bond donors (Lipinski definition) is 1. The monoisotopic (exact) mass is 157 g/mol. The molecule has 0 heterocycles. The molecule has 11 heavy (non-hydrogen) atoms. The van der Waals surface area contributed by atoms with E-state index >= 15 is 0 Å². The Morgan fingerprint density at radius 2 is 2.00 bits per heavy atom. The summed E-state index contributed by atoms with van der Waals surface area (Å²) in [5.74, 6) is -2.16. The molecule has 0 bridgehead atoms. The zero-order valence-electron chi connectivity index (χ0n) is 6.41. The number of amides is 1. The van der Waals surface area contributed by atoms with E-state index in [2.05, 4.69) is 0 Å². The predicted molar refractivity (Wildman–Crippen MR) is 38.0 cm³/mol. The molecule has 1 saturated carbocycles. The number of carboxylic acids is 1. The first-order valence-electron chi connectivity index (χ1n) is 3.63. The van der Waals surface area contributed by atoms with Crippen LogP contribution in [-0.4, -0.2) is 35.0 Å². The van der Waals surface area contributed by atoms with Crippen molar-refractivity contribution in [1.82, 2.24) is 4.90 Å². The first kappa shape index (κ1) is 8.04. The fraction of sp³-hybridized carbons (Fsp3) is 0.714. The molecular weight excluding hydrogens is 146 g/mol. The highest BCUT2D eigenvalue weighted by Crippen LogP contribution is 2.23.